The van der Waals surface area contributed by atoms with Crippen molar-refractivity contribution in [3.05, 3.63) is 42.0 Å². The van der Waals surface area contributed by atoms with Gasteiger partial charge in [0.15, 0.2) is 0 Å². The van der Waals surface area contributed by atoms with Crippen LogP contribution in [0.4, 0.5) is 5.69 Å². The van der Waals surface area contributed by atoms with Gasteiger partial charge in [-0.2, -0.15) is 0 Å². The molecule has 0 spiro atoms. The summed E-state index contributed by atoms with van der Waals surface area (Å²) in [5.41, 5.74) is 11.2. The molecule has 2 aromatic carbocycles. The third kappa shape index (κ3) is 1.29. The van der Waals surface area contributed by atoms with Crippen LogP contribution in [0.5, 0.6) is 0 Å². The number of hydrogen-bond acceptors (Lipinski definition) is 3. The molecule has 2 N–H and O–H groups in total. The van der Waals surface area contributed by atoms with Crippen LogP contribution >= 0.6 is 0 Å². The molecule has 0 saturated carbocycles. The molecule has 0 aliphatic rings. The highest BCUT2D eigenvalue weighted by molar-refractivity contribution is 5.88. The molecule has 78 valence electrons. The van der Waals surface area contributed by atoms with Gasteiger partial charge >= 0.3 is 0 Å². The van der Waals surface area contributed by atoms with Gasteiger partial charge in [-0.1, -0.05) is 12.1 Å². The van der Waals surface area contributed by atoms with E-state index in [1.807, 2.05) is 43.3 Å². The first-order chi connectivity index (χ1) is 7.74. The van der Waals surface area contributed by atoms with E-state index in [9.17, 15) is 0 Å². The zero-order chi connectivity index (χ0) is 11.1. The second kappa shape index (κ2) is 3.17. The van der Waals surface area contributed by atoms with Crippen molar-refractivity contribution in [2.75, 3.05) is 5.73 Å². The van der Waals surface area contributed by atoms with Crippen molar-refractivity contribution in [3.63, 3.8) is 0 Å². The highest BCUT2D eigenvalue weighted by atomic mass is 14.8. The minimum atomic E-state index is 0.761. The van der Waals surface area contributed by atoms with Gasteiger partial charge in [0.2, 0.25) is 0 Å². The van der Waals surface area contributed by atoms with Gasteiger partial charge in [-0.15, -0.1) is 0 Å². The van der Waals surface area contributed by atoms with Crippen LogP contribution in [0, 0.1) is 6.92 Å². The van der Waals surface area contributed by atoms with Gasteiger partial charge in [-0.3, -0.25) is 0 Å². The first-order valence-corrected chi connectivity index (χ1v) is 5.17. The molecule has 1 heterocycles. The zero-order valence-electron chi connectivity index (χ0n) is 8.94. The summed E-state index contributed by atoms with van der Waals surface area (Å²) in [5.74, 6) is 0. The molecule has 0 radical (unpaired) electrons. The van der Waals surface area contributed by atoms with Crippen LogP contribution in [0.2, 0.25) is 0 Å². The Morgan fingerprint density at radius 2 is 1.44 bits per heavy atom. The number of hydrogen-bond donors (Lipinski definition) is 1. The molecular weight excluding hydrogens is 198 g/mol. The van der Waals surface area contributed by atoms with Crippen molar-refractivity contribution in [2.45, 2.75) is 6.92 Å². The maximum Gasteiger partial charge on any atom is 0.0915 e. The number of fused-ring (bicyclic) bond motifs is 2. The van der Waals surface area contributed by atoms with Crippen LogP contribution < -0.4 is 5.73 Å². The molecule has 0 amide bonds. The monoisotopic (exact) mass is 209 g/mol. The smallest absolute Gasteiger partial charge is 0.0915 e. The Balaban J connectivity index is 2.46. The van der Waals surface area contributed by atoms with Crippen LogP contribution in [0.1, 0.15) is 5.56 Å². The summed E-state index contributed by atoms with van der Waals surface area (Å²) in [5, 5.41) is 0. The molecule has 3 aromatic rings. The molecule has 3 heteroatoms. The van der Waals surface area contributed by atoms with E-state index in [1.165, 1.54) is 0 Å². The molecule has 0 unspecified atom stereocenters. The second-order valence-corrected chi connectivity index (χ2v) is 3.91. The van der Waals surface area contributed by atoms with Gasteiger partial charge in [-0.25, -0.2) is 9.97 Å². The lowest BCUT2D eigenvalue weighted by atomic mass is 10.1. The molecule has 0 fully saturated rings. The number of nitrogen functional groups attached to an aromatic ring is 1. The Hall–Kier alpha value is -2.16. The maximum atomic E-state index is 5.86. The van der Waals surface area contributed by atoms with E-state index in [-0.39, 0.29) is 0 Å². The van der Waals surface area contributed by atoms with Gasteiger partial charge in [0.1, 0.15) is 0 Å². The molecule has 0 atom stereocenters. The van der Waals surface area contributed by atoms with Crippen molar-refractivity contribution in [1.82, 2.24) is 9.97 Å². The fourth-order valence-electron chi connectivity index (χ4n) is 1.79. The van der Waals surface area contributed by atoms with Crippen LogP contribution in [0.3, 0.4) is 0 Å². The highest BCUT2D eigenvalue weighted by Gasteiger charge is 2.03. The summed E-state index contributed by atoms with van der Waals surface area (Å²) >= 11 is 0. The topological polar surface area (TPSA) is 51.8 Å². The molecule has 0 aliphatic heterocycles. The van der Waals surface area contributed by atoms with Crippen molar-refractivity contribution in [2.24, 2.45) is 0 Å². The van der Waals surface area contributed by atoms with E-state index in [0.29, 0.717) is 0 Å². The molecule has 16 heavy (non-hydrogen) atoms. The molecular formula is C13H11N3. The second-order valence-electron chi connectivity index (χ2n) is 3.91. The average Bonchev–Trinajstić information content (AvgIpc) is 2.28. The maximum absolute atomic E-state index is 5.86. The van der Waals surface area contributed by atoms with Crippen LogP contribution in [0.15, 0.2) is 36.4 Å². The lowest BCUT2D eigenvalue weighted by molar-refractivity contribution is 1.37. The number of nitrogens with zero attached hydrogens (tertiary/aromatic N) is 2. The standard InChI is InChI=1S/C13H11N3/c1-8-6-12-13(7-9(8)14)16-11-5-3-2-4-10(11)15-12/h2-7H,14H2,1H3. The van der Waals surface area contributed by atoms with E-state index in [0.717, 1.165) is 33.3 Å². The summed E-state index contributed by atoms with van der Waals surface area (Å²) in [7, 11) is 0. The van der Waals surface area contributed by atoms with Crippen LogP contribution in [0.25, 0.3) is 22.1 Å². The fourth-order valence-corrected chi connectivity index (χ4v) is 1.79. The first kappa shape index (κ1) is 9.09. The predicted octanol–water partition coefficient (Wildman–Crippen LogP) is 2.67. The number of para-hydroxylation sites is 2. The summed E-state index contributed by atoms with van der Waals surface area (Å²) in [6.07, 6.45) is 0. The Kier molecular flexibility index (Phi) is 1.80. The number of aromatic nitrogens is 2. The minimum Gasteiger partial charge on any atom is -0.398 e. The molecule has 1 aromatic heterocycles. The van der Waals surface area contributed by atoms with E-state index in [1.54, 1.807) is 0 Å². The third-order valence-electron chi connectivity index (χ3n) is 2.73. The minimum absolute atomic E-state index is 0.761. The largest absolute Gasteiger partial charge is 0.398 e. The van der Waals surface area contributed by atoms with Crippen molar-refractivity contribution < 1.29 is 0 Å². The molecule has 3 nitrogen and oxygen atoms in total. The number of nitrogens with two attached hydrogens (primary N) is 1. The van der Waals surface area contributed by atoms with Gasteiger partial charge < -0.3 is 5.73 Å². The molecule has 3 rings (SSSR count). The number of rotatable bonds is 0. The lowest BCUT2D eigenvalue weighted by Crippen LogP contribution is -1.93. The predicted molar refractivity (Wildman–Crippen MR) is 66.2 cm³/mol. The van der Waals surface area contributed by atoms with Crippen molar-refractivity contribution in [1.29, 1.82) is 0 Å². The Morgan fingerprint density at radius 1 is 0.875 bits per heavy atom. The first-order valence-electron chi connectivity index (χ1n) is 5.17. The number of benzene rings is 2. The Bertz CT molecular complexity index is 629. The van der Waals surface area contributed by atoms with E-state index in [2.05, 4.69) is 9.97 Å². The Morgan fingerprint density at radius 3 is 2.06 bits per heavy atom. The number of aryl methyl sites for hydroxylation is 1. The van der Waals surface area contributed by atoms with Gasteiger partial charge in [-0.05, 0) is 36.8 Å². The van der Waals surface area contributed by atoms with Crippen LogP contribution in [-0.2, 0) is 0 Å². The fraction of sp³-hybridized carbons (Fsp3) is 0.0769. The molecule has 0 aliphatic carbocycles. The molecule has 0 bridgehead atoms. The SMILES string of the molecule is Cc1cc2nc3ccccc3nc2cc1N. The van der Waals surface area contributed by atoms with E-state index >= 15 is 0 Å². The van der Waals surface area contributed by atoms with Gasteiger partial charge in [0.05, 0.1) is 22.1 Å². The summed E-state index contributed by atoms with van der Waals surface area (Å²) in [6.45, 7) is 1.98. The van der Waals surface area contributed by atoms with Gasteiger partial charge in [0.25, 0.3) is 0 Å². The van der Waals surface area contributed by atoms with Crippen molar-refractivity contribution in [3.8, 4) is 0 Å². The Labute approximate surface area is 92.9 Å². The van der Waals surface area contributed by atoms with Crippen molar-refractivity contribution >= 4 is 27.8 Å². The lowest BCUT2D eigenvalue weighted by Gasteiger charge is -2.04. The number of anilines is 1. The quantitative estimate of drug-likeness (QED) is 0.457. The molecule has 0 saturated heterocycles. The van der Waals surface area contributed by atoms with Crippen LogP contribution in [-0.4, -0.2) is 9.97 Å². The third-order valence-corrected chi connectivity index (χ3v) is 2.73. The van der Waals surface area contributed by atoms with Gasteiger partial charge in [0, 0.05) is 5.69 Å². The summed E-state index contributed by atoms with van der Waals surface area (Å²) in [6, 6.07) is 11.7. The summed E-state index contributed by atoms with van der Waals surface area (Å²) < 4.78 is 0. The van der Waals surface area contributed by atoms with E-state index in [4.69, 9.17) is 5.73 Å². The summed E-state index contributed by atoms with van der Waals surface area (Å²) in [4.78, 5) is 9.10. The average molecular weight is 209 g/mol. The highest BCUT2D eigenvalue weighted by Crippen LogP contribution is 2.20. The zero-order valence-corrected chi connectivity index (χ0v) is 8.94. The normalized spacial score (nSPS) is 11.1. The van der Waals surface area contributed by atoms with E-state index < -0.39 is 0 Å².